The second-order valence-corrected chi connectivity index (χ2v) is 5.71. The fourth-order valence-corrected chi connectivity index (χ4v) is 3.09. The Hall–Kier alpha value is -0.820. The van der Waals surface area contributed by atoms with Gasteiger partial charge in [-0.25, -0.2) is 0 Å². The number of rotatable bonds is 3. The standard InChI is InChI=1S/C17H25N3O.HI/c1-2-18-17(19-13-15-8-5-6-12-21-15)20-11-10-14-7-3-4-9-16(14)20;/h3-4,7,9,15H,2,5-6,8,10-13H2,1H3,(H,18,19);1H. The molecule has 22 heavy (non-hydrogen) atoms. The van der Waals surface area contributed by atoms with Gasteiger partial charge in [0.15, 0.2) is 5.96 Å². The van der Waals surface area contributed by atoms with Crippen LogP contribution in [0.15, 0.2) is 29.3 Å². The molecule has 5 heteroatoms. The van der Waals surface area contributed by atoms with Crippen molar-refractivity contribution in [3.8, 4) is 0 Å². The van der Waals surface area contributed by atoms with E-state index in [0.717, 1.165) is 45.0 Å². The first kappa shape index (κ1) is 17.5. The monoisotopic (exact) mass is 415 g/mol. The molecule has 0 bridgehead atoms. The summed E-state index contributed by atoms with van der Waals surface area (Å²) >= 11 is 0. The molecule has 1 aromatic carbocycles. The van der Waals surface area contributed by atoms with E-state index in [-0.39, 0.29) is 24.0 Å². The number of benzene rings is 1. The summed E-state index contributed by atoms with van der Waals surface area (Å²) in [5.74, 6) is 0.997. The van der Waals surface area contributed by atoms with Crippen LogP contribution in [-0.4, -0.2) is 38.3 Å². The predicted molar refractivity (Wildman–Crippen MR) is 102 cm³/mol. The molecule has 1 N–H and O–H groups in total. The maximum Gasteiger partial charge on any atom is 0.198 e. The molecule has 0 saturated carbocycles. The summed E-state index contributed by atoms with van der Waals surface area (Å²) in [6, 6.07) is 8.61. The Kier molecular flexibility index (Phi) is 6.95. The van der Waals surface area contributed by atoms with Crippen molar-refractivity contribution in [3.05, 3.63) is 29.8 Å². The van der Waals surface area contributed by atoms with Crippen molar-refractivity contribution in [2.75, 3.05) is 31.1 Å². The predicted octanol–water partition coefficient (Wildman–Crippen LogP) is 3.20. The van der Waals surface area contributed by atoms with Gasteiger partial charge in [-0.1, -0.05) is 18.2 Å². The van der Waals surface area contributed by atoms with Gasteiger partial charge in [0, 0.05) is 25.4 Å². The minimum atomic E-state index is 0. The van der Waals surface area contributed by atoms with Gasteiger partial charge < -0.3 is 15.0 Å². The molecule has 0 radical (unpaired) electrons. The van der Waals surface area contributed by atoms with Gasteiger partial charge in [-0.2, -0.15) is 0 Å². The summed E-state index contributed by atoms with van der Waals surface area (Å²) in [6.07, 6.45) is 4.99. The Morgan fingerprint density at radius 3 is 3.00 bits per heavy atom. The molecule has 1 saturated heterocycles. The molecule has 2 aliphatic rings. The van der Waals surface area contributed by atoms with Crippen LogP contribution in [0.2, 0.25) is 0 Å². The molecular formula is C17H26IN3O. The lowest BCUT2D eigenvalue weighted by Crippen LogP contribution is -2.41. The molecule has 2 heterocycles. The maximum atomic E-state index is 5.79. The van der Waals surface area contributed by atoms with Crippen LogP contribution in [0.25, 0.3) is 0 Å². The Bertz CT molecular complexity index is 500. The highest BCUT2D eigenvalue weighted by atomic mass is 127. The second kappa shape index (κ2) is 8.72. The number of hydrogen-bond acceptors (Lipinski definition) is 2. The molecule has 1 unspecified atom stereocenters. The van der Waals surface area contributed by atoms with Crippen LogP contribution >= 0.6 is 24.0 Å². The first-order valence-corrected chi connectivity index (χ1v) is 8.14. The van der Waals surface area contributed by atoms with Crippen LogP contribution in [0.1, 0.15) is 31.7 Å². The van der Waals surface area contributed by atoms with Crippen molar-refractivity contribution in [2.24, 2.45) is 4.99 Å². The molecule has 1 aromatic rings. The van der Waals surface area contributed by atoms with Gasteiger partial charge in [0.1, 0.15) is 0 Å². The molecule has 122 valence electrons. The number of guanidine groups is 1. The van der Waals surface area contributed by atoms with Gasteiger partial charge in [-0.05, 0) is 44.2 Å². The molecule has 1 atom stereocenters. The zero-order valence-electron chi connectivity index (χ0n) is 13.3. The lowest BCUT2D eigenvalue weighted by Gasteiger charge is -2.25. The molecule has 2 aliphatic heterocycles. The first-order chi connectivity index (χ1) is 10.4. The third kappa shape index (κ3) is 4.13. The molecule has 3 rings (SSSR count). The summed E-state index contributed by atoms with van der Waals surface area (Å²) in [5.41, 5.74) is 2.71. The minimum Gasteiger partial charge on any atom is -0.376 e. The third-order valence-electron chi connectivity index (χ3n) is 4.20. The van der Waals surface area contributed by atoms with E-state index >= 15 is 0 Å². The topological polar surface area (TPSA) is 36.9 Å². The average Bonchev–Trinajstić information content (AvgIpc) is 2.96. The van der Waals surface area contributed by atoms with Gasteiger partial charge in [-0.3, -0.25) is 4.99 Å². The summed E-state index contributed by atoms with van der Waals surface area (Å²) in [4.78, 5) is 7.13. The van der Waals surface area contributed by atoms with E-state index in [2.05, 4.69) is 41.4 Å². The minimum absolute atomic E-state index is 0. The molecule has 4 nitrogen and oxygen atoms in total. The molecule has 1 fully saturated rings. The van der Waals surface area contributed by atoms with Crippen LogP contribution in [0.4, 0.5) is 5.69 Å². The number of fused-ring (bicyclic) bond motifs is 1. The highest BCUT2D eigenvalue weighted by Crippen LogP contribution is 2.27. The molecular weight excluding hydrogens is 389 g/mol. The van der Waals surface area contributed by atoms with E-state index in [4.69, 9.17) is 9.73 Å². The van der Waals surface area contributed by atoms with Gasteiger partial charge >= 0.3 is 0 Å². The number of hydrogen-bond donors (Lipinski definition) is 1. The molecule has 0 aromatic heterocycles. The van der Waals surface area contributed by atoms with E-state index in [1.54, 1.807) is 0 Å². The van der Waals surface area contributed by atoms with Crippen molar-refractivity contribution in [3.63, 3.8) is 0 Å². The zero-order chi connectivity index (χ0) is 14.5. The fraction of sp³-hybridized carbons (Fsp3) is 0.588. The smallest absolute Gasteiger partial charge is 0.198 e. The molecule has 0 aliphatic carbocycles. The number of nitrogens with one attached hydrogen (secondary N) is 1. The Morgan fingerprint density at radius 1 is 1.36 bits per heavy atom. The number of nitrogens with zero attached hydrogens (tertiary/aromatic N) is 2. The van der Waals surface area contributed by atoms with Crippen molar-refractivity contribution in [1.82, 2.24) is 5.32 Å². The highest BCUT2D eigenvalue weighted by Gasteiger charge is 2.23. The number of aliphatic imine (C=N–C) groups is 1. The van der Waals surface area contributed by atoms with Gasteiger partial charge in [0.2, 0.25) is 0 Å². The largest absolute Gasteiger partial charge is 0.376 e. The summed E-state index contributed by atoms with van der Waals surface area (Å²) in [5, 5.41) is 3.43. The highest BCUT2D eigenvalue weighted by molar-refractivity contribution is 14.0. The van der Waals surface area contributed by atoms with Crippen LogP contribution in [0.5, 0.6) is 0 Å². The molecule has 0 spiro atoms. The summed E-state index contributed by atoms with van der Waals surface area (Å²) < 4.78 is 5.79. The Balaban J connectivity index is 0.00000176. The van der Waals surface area contributed by atoms with E-state index in [1.165, 1.54) is 24.1 Å². The van der Waals surface area contributed by atoms with Crippen molar-refractivity contribution in [1.29, 1.82) is 0 Å². The van der Waals surface area contributed by atoms with E-state index in [1.807, 2.05) is 0 Å². The summed E-state index contributed by atoms with van der Waals surface area (Å²) in [6.45, 7) is 5.68. The van der Waals surface area contributed by atoms with E-state index in [9.17, 15) is 0 Å². The van der Waals surface area contributed by atoms with Crippen LogP contribution < -0.4 is 10.2 Å². The Morgan fingerprint density at radius 2 is 2.23 bits per heavy atom. The van der Waals surface area contributed by atoms with E-state index < -0.39 is 0 Å². The lowest BCUT2D eigenvalue weighted by molar-refractivity contribution is 0.0224. The third-order valence-corrected chi connectivity index (χ3v) is 4.20. The Labute approximate surface area is 150 Å². The van der Waals surface area contributed by atoms with Gasteiger partial charge in [-0.15, -0.1) is 24.0 Å². The number of halogens is 1. The number of ether oxygens (including phenoxy) is 1. The normalized spacial score (nSPS) is 21.2. The van der Waals surface area contributed by atoms with Gasteiger partial charge in [0.05, 0.1) is 12.6 Å². The molecule has 0 amide bonds. The second-order valence-electron chi connectivity index (χ2n) is 5.71. The maximum absolute atomic E-state index is 5.79. The average molecular weight is 415 g/mol. The van der Waals surface area contributed by atoms with Crippen molar-refractivity contribution in [2.45, 2.75) is 38.7 Å². The quantitative estimate of drug-likeness (QED) is 0.468. The fourth-order valence-electron chi connectivity index (χ4n) is 3.09. The number of anilines is 1. The first-order valence-electron chi connectivity index (χ1n) is 8.14. The van der Waals surface area contributed by atoms with E-state index in [0.29, 0.717) is 6.10 Å². The summed E-state index contributed by atoms with van der Waals surface area (Å²) in [7, 11) is 0. The van der Waals surface area contributed by atoms with Crippen LogP contribution in [0, 0.1) is 0 Å². The van der Waals surface area contributed by atoms with Crippen molar-refractivity contribution >= 4 is 35.6 Å². The SMILES string of the molecule is CCNC(=NCC1CCCCO1)N1CCc2ccccc21.I. The zero-order valence-corrected chi connectivity index (χ0v) is 15.6. The van der Waals surface area contributed by atoms with Crippen LogP contribution in [0.3, 0.4) is 0 Å². The number of para-hydroxylation sites is 1. The van der Waals surface area contributed by atoms with Crippen molar-refractivity contribution < 1.29 is 4.74 Å². The van der Waals surface area contributed by atoms with Crippen LogP contribution in [-0.2, 0) is 11.2 Å². The van der Waals surface area contributed by atoms with Gasteiger partial charge in [0.25, 0.3) is 0 Å². The lowest BCUT2D eigenvalue weighted by atomic mass is 10.1.